The molecule has 0 aromatic heterocycles. The minimum atomic E-state index is -0.351. The van der Waals surface area contributed by atoms with Gasteiger partial charge in [-0.25, -0.2) is 0 Å². The van der Waals surface area contributed by atoms with Crippen LogP contribution in [0.1, 0.15) is 33.1 Å². The second kappa shape index (κ2) is 7.53. The Morgan fingerprint density at radius 3 is 2.44 bits per heavy atom. The number of nitrogens with zero attached hydrogens (tertiary/aromatic N) is 2. The van der Waals surface area contributed by atoms with Gasteiger partial charge in [-0.3, -0.25) is 4.79 Å². The Morgan fingerprint density at radius 2 is 1.89 bits per heavy atom. The summed E-state index contributed by atoms with van der Waals surface area (Å²) >= 11 is 0. The van der Waals surface area contributed by atoms with E-state index in [1.807, 2.05) is 0 Å². The standard InChI is InChI=1S/C12H23N3O.2ClH/c1-3-14-7-6-10-4-5-11(8-14)15(10)12(16)9(2)13;;/h9-11H,3-8,13H2,1-2H3;2*1H/t9-,10?,11?;;/m1../s1. The lowest BCUT2D eigenvalue weighted by Gasteiger charge is -2.30. The molecule has 0 aromatic rings. The van der Waals surface area contributed by atoms with Gasteiger partial charge in [0.1, 0.15) is 0 Å². The van der Waals surface area contributed by atoms with E-state index in [4.69, 9.17) is 5.73 Å². The van der Waals surface area contributed by atoms with Crippen LogP contribution in [-0.4, -0.2) is 53.5 Å². The normalized spacial score (nSPS) is 28.9. The Morgan fingerprint density at radius 1 is 1.28 bits per heavy atom. The van der Waals surface area contributed by atoms with Crippen LogP contribution in [0.25, 0.3) is 0 Å². The number of rotatable bonds is 2. The maximum absolute atomic E-state index is 12.1. The number of halogens is 2. The fourth-order valence-corrected chi connectivity index (χ4v) is 3.03. The SMILES string of the molecule is CCN1CCC2CCC(C1)N2C(=O)[C@@H](C)N.Cl.Cl. The molecular weight excluding hydrogens is 273 g/mol. The van der Waals surface area contributed by atoms with E-state index in [0.717, 1.165) is 32.5 Å². The Hall–Kier alpha value is -0.0300. The lowest BCUT2D eigenvalue weighted by molar-refractivity contribution is -0.134. The number of fused-ring (bicyclic) bond motifs is 2. The molecule has 2 heterocycles. The van der Waals surface area contributed by atoms with Crippen molar-refractivity contribution < 1.29 is 4.79 Å². The molecule has 0 radical (unpaired) electrons. The van der Waals surface area contributed by atoms with Crippen molar-refractivity contribution in [3.05, 3.63) is 0 Å². The highest BCUT2D eigenvalue weighted by Gasteiger charge is 2.40. The molecule has 0 aromatic carbocycles. The first-order valence-corrected chi connectivity index (χ1v) is 6.43. The van der Waals surface area contributed by atoms with Crippen molar-refractivity contribution in [1.29, 1.82) is 0 Å². The minimum absolute atomic E-state index is 0. The van der Waals surface area contributed by atoms with Crippen LogP contribution in [0.2, 0.25) is 0 Å². The topological polar surface area (TPSA) is 49.6 Å². The summed E-state index contributed by atoms with van der Waals surface area (Å²) in [6.07, 6.45) is 3.43. The highest BCUT2D eigenvalue weighted by atomic mass is 35.5. The summed E-state index contributed by atoms with van der Waals surface area (Å²) in [5.74, 6) is 0.144. The molecule has 2 unspecified atom stereocenters. The molecule has 2 N–H and O–H groups in total. The number of carbonyl (C=O) groups is 1. The average molecular weight is 298 g/mol. The first kappa shape index (κ1) is 18.0. The average Bonchev–Trinajstić information content (AvgIpc) is 2.53. The summed E-state index contributed by atoms with van der Waals surface area (Å²) in [6, 6.07) is 0.502. The zero-order valence-electron chi connectivity index (χ0n) is 11.2. The zero-order valence-corrected chi connectivity index (χ0v) is 12.8. The number of hydrogen-bond donors (Lipinski definition) is 1. The van der Waals surface area contributed by atoms with Crippen molar-refractivity contribution in [2.75, 3.05) is 19.6 Å². The van der Waals surface area contributed by atoms with Crippen molar-refractivity contribution in [2.24, 2.45) is 5.73 Å². The van der Waals surface area contributed by atoms with Crippen LogP contribution >= 0.6 is 24.8 Å². The summed E-state index contributed by atoms with van der Waals surface area (Å²) in [5.41, 5.74) is 5.73. The van der Waals surface area contributed by atoms with Crippen molar-refractivity contribution >= 4 is 30.7 Å². The maximum Gasteiger partial charge on any atom is 0.239 e. The molecule has 2 rings (SSSR count). The first-order valence-electron chi connectivity index (χ1n) is 6.43. The van der Waals surface area contributed by atoms with Gasteiger partial charge in [-0.15, -0.1) is 24.8 Å². The van der Waals surface area contributed by atoms with E-state index >= 15 is 0 Å². The molecule has 0 aliphatic carbocycles. The van der Waals surface area contributed by atoms with Gasteiger partial charge in [-0.2, -0.15) is 0 Å². The lowest BCUT2D eigenvalue weighted by Crippen LogP contribution is -2.49. The van der Waals surface area contributed by atoms with Crippen LogP contribution in [0.3, 0.4) is 0 Å². The van der Waals surface area contributed by atoms with Crippen LogP contribution in [-0.2, 0) is 4.79 Å². The van der Waals surface area contributed by atoms with Gasteiger partial charge in [0.15, 0.2) is 0 Å². The van der Waals surface area contributed by atoms with E-state index in [2.05, 4.69) is 16.7 Å². The van der Waals surface area contributed by atoms with E-state index in [9.17, 15) is 4.79 Å². The van der Waals surface area contributed by atoms with Crippen LogP contribution in [0, 0.1) is 0 Å². The largest absolute Gasteiger partial charge is 0.334 e. The molecule has 0 spiro atoms. The summed E-state index contributed by atoms with van der Waals surface area (Å²) < 4.78 is 0. The van der Waals surface area contributed by atoms with Gasteiger partial charge in [0.05, 0.1) is 6.04 Å². The summed E-state index contributed by atoms with van der Waals surface area (Å²) in [6.45, 7) is 7.23. The maximum atomic E-state index is 12.1. The van der Waals surface area contributed by atoms with Gasteiger partial charge in [0.25, 0.3) is 0 Å². The van der Waals surface area contributed by atoms with Gasteiger partial charge < -0.3 is 15.5 Å². The Kier molecular flexibility index (Phi) is 7.52. The molecule has 2 saturated heterocycles. The zero-order chi connectivity index (χ0) is 11.7. The summed E-state index contributed by atoms with van der Waals surface area (Å²) in [7, 11) is 0. The second-order valence-electron chi connectivity index (χ2n) is 5.10. The summed E-state index contributed by atoms with van der Waals surface area (Å²) in [5, 5.41) is 0. The number of hydrogen-bond acceptors (Lipinski definition) is 3. The van der Waals surface area contributed by atoms with Crippen LogP contribution < -0.4 is 5.73 Å². The molecule has 2 bridgehead atoms. The smallest absolute Gasteiger partial charge is 0.239 e. The monoisotopic (exact) mass is 297 g/mol. The molecule has 2 aliphatic rings. The number of likely N-dealkylation sites (N-methyl/N-ethyl adjacent to an activating group) is 1. The van der Waals surface area contributed by atoms with Gasteiger partial charge in [-0.05, 0) is 32.7 Å². The molecule has 0 saturated carbocycles. The van der Waals surface area contributed by atoms with Gasteiger partial charge in [0, 0.05) is 25.2 Å². The van der Waals surface area contributed by atoms with Gasteiger partial charge in [-0.1, -0.05) is 6.92 Å². The molecule has 6 heteroatoms. The first-order chi connectivity index (χ1) is 7.63. The van der Waals surface area contributed by atoms with E-state index in [0.29, 0.717) is 12.1 Å². The highest BCUT2D eigenvalue weighted by molar-refractivity contribution is 5.85. The van der Waals surface area contributed by atoms with Gasteiger partial charge >= 0.3 is 0 Å². The number of nitrogens with two attached hydrogens (primary N) is 1. The Balaban J connectivity index is 0.00000144. The van der Waals surface area contributed by atoms with Crippen molar-refractivity contribution in [2.45, 2.75) is 51.2 Å². The molecule has 3 atom stereocenters. The lowest BCUT2D eigenvalue weighted by atomic mass is 10.1. The summed E-state index contributed by atoms with van der Waals surface area (Å²) in [4.78, 5) is 16.6. The number of likely N-dealkylation sites (tertiary alicyclic amines) is 1. The number of carbonyl (C=O) groups excluding carboxylic acids is 1. The van der Waals surface area contributed by atoms with Crippen molar-refractivity contribution in [1.82, 2.24) is 9.80 Å². The van der Waals surface area contributed by atoms with E-state index in [1.165, 1.54) is 6.42 Å². The van der Waals surface area contributed by atoms with E-state index in [-0.39, 0.29) is 36.8 Å². The third-order valence-corrected chi connectivity index (χ3v) is 3.96. The van der Waals surface area contributed by atoms with Crippen LogP contribution in [0.15, 0.2) is 0 Å². The number of amides is 1. The minimum Gasteiger partial charge on any atom is -0.334 e. The molecule has 4 nitrogen and oxygen atoms in total. The second-order valence-corrected chi connectivity index (χ2v) is 5.10. The van der Waals surface area contributed by atoms with Gasteiger partial charge in [0.2, 0.25) is 5.91 Å². The fraction of sp³-hybridized carbons (Fsp3) is 0.917. The quantitative estimate of drug-likeness (QED) is 0.835. The van der Waals surface area contributed by atoms with Crippen LogP contribution in [0.4, 0.5) is 0 Å². The highest BCUT2D eigenvalue weighted by Crippen LogP contribution is 2.30. The molecule has 108 valence electrons. The van der Waals surface area contributed by atoms with E-state index < -0.39 is 0 Å². The Bertz CT molecular complexity index is 276. The van der Waals surface area contributed by atoms with Crippen LogP contribution in [0.5, 0.6) is 0 Å². The predicted octanol–water partition coefficient (Wildman–Crippen LogP) is 1.26. The molecule has 1 amide bonds. The Labute approximate surface area is 122 Å². The van der Waals surface area contributed by atoms with Crippen molar-refractivity contribution in [3.63, 3.8) is 0 Å². The predicted molar refractivity (Wildman–Crippen MR) is 78.5 cm³/mol. The van der Waals surface area contributed by atoms with E-state index in [1.54, 1.807) is 6.92 Å². The molecular formula is C12H25Cl2N3O. The third-order valence-electron chi connectivity index (χ3n) is 3.96. The molecule has 2 aliphatic heterocycles. The molecule has 18 heavy (non-hydrogen) atoms. The van der Waals surface area contributed by atoms with Crippen molar-refractivity contribution in [3.8, 4) is 0 Å². The fourth-order valence-electron chi connectivity index (χ4n) is 3.03. The third kappa shape index (κ3) is 3.50. The molecule has 2 fully saturated rings.